The van der Waals surface area contributed by atoms with Gasteiger partial charge in [-0.05, 0) is 70.6 Å². The van der Waals surface area contributed by atoms with Gasteiger partial charge in [0.05, 0.1) is 27.2 Å². The van der Waals surface area contributed by atoms with E-state index in [1.54, 1.807) is 37.4 Å². The monoisotopic (exact) mass is 621 g/mol. The molecule has 8 nitrogen and oxygen atoms in total. The largest absolute Gasteiger partial charge is 0.480 e. The maximum Gasteiger partial charge on any atom is 0.335 e. The van der Waals surface area contributed by atoms with Gasteiger partial charge in [0.25, 0.3) is 11.5 Å². The number of nitrogens with one attached hydrogen (secondary N) is 1. The summed E-state index contributed by atoms with van der Waals surface area (Å²) in [4.78, 5) is 50.3. The molecule has 36 heavy (non-hydrogen) atoms. The quantitative estimate of drug-likeness (QED) is 0.320. The van der Waals surface area contributed by atoms with Crippen molar-refractivity contribution in [2.24, 2.45) is 7.05 Å². The summed E-state index contributed by atoms with van der Waals surface area (Å²) in [5.41, 5.74) is -0.128. The van der Waals surface area contributed by atoms with Gasteiger partial charge in [-0.3, -0.25) is 14.2 Å². The van der Waals surface area contributed by atoms with E-state index in [-0.39, 0.29) is 11.4 Å². The van der Waals surface area contributed by atoms with Gasteiger partial charge in [-0.15, -0.1) is 0 Å². The van der Waals surface area contributed by atoms with Crippen LogP contribution >= 0.6 is 34.2 Å². The Labute approximate surface area is 222 Å². The molecule has 0 aliphatic rings. The minimum atomic E-state index is -1.38. The number of carbonyl (C=O) groups is 2. The first-order valence-electron chi connectivity index (χ1n) is 10.6. The van der Waals surface area contributed by atoms with Gasteiger partial charge in [0.2, 0.25) is 0 Å². The van der Waals surface area contributed by atoms with Crippen LogP contribution in [0.2, 0.25) is 5.02 Å². The molecule has 11 heteroatoms. The fourth-order valence-corrected chi connectivity index (χ4v) is 4.56. The van der Waals surface area contributed by atoms with Crippen LogP contribution in [0.25, 0.3) is 16.6 Å². The molecule has 0 aliphatic carbocycles. The van der Waals surface area contributed by atoms with Gasteiger partial charge in [0, 0.05) is 17.0 Å². The van der Waals surface area contributed by atoms with Gasteiger partial charge in [0.15, 0.2) is 0 Å². The molecule has 0 radical (unpaired) electrons. The van der Waals surface area contributed by atoms with Gasteiger partial charge in [-0.25, -0.2) is 18.5 Å². The molecule has 4 aromatic rings. The van der Waals surface area contributed by atoms with Crippen molar-refractivity contribution in [2.45, 2.75) is 12.5 Å². The Morgan fingerprint density at radius 1 is 1.11 bits per heavy atom. The Balaban J connectivity index is 1.63. The summed E-state index contributed by atoms with van der Waals surface area (Å²) in [6.45, 7) is 0. The zero-order valence-corrected chi connectivity index (χ0v) is 21.6. The first-order valence-corrected chi connectivity index (χ1v) is 12.0. The Morgan fingerprint density at radius 2 is 1.81 bits per heavy atom. The maximum atomic E-state index is 14.0. The van der Waals surface area contributed by atoms with E-state index in [4.69, 9.17) is 11.6 Å². The van der Waals surface area contributed by atoms with Crippen molar-refractivity contribution in [3.05, 3.63) is 107 Å². The van der Waals surface area contributed by atoms with E-state index in [1.165, 1.54) is 28.8 Å². The van der Waals surface area contributed by atoms with Crippen molar-refractivity contribution in [3.63, 3.8) is 0 Å². The molecule has 1 heterocycles. The lowest BCUT2D eigenvalue weighted by atomic mass is 10.0. The minimum absolute atomic E-state index is 0.129. The van der Waals surface area contributed by atoms with Crippen LogP contribution in [0.15, 0.2) is 70.3 Å². The molecule has 4 rings (SSSR count). The van der Waals surface area contributed by atoms with Crippen LogP contribution < -0.4 is 16.6 Å². The van der Waals surface area contributed by atoms with Gasteiger partial charge >= 0.3 is 11.7 Å². The summed E-state index contributed by atoms with van der Waals surface area (Å²) < 4.78 is 17.3. The number of nitrogens with zero attached hydrogens (tertiary/aromatic N) is 2. The number of benzene rings is 3. The number of carbonyl (C=O) groups excluding carboxylic acids is 1. The predicted molar refractivity (Wildman–Crippen MR) is 142 cm³/mol. The first kappa shape index (κ1) is 25.6. The molecule has 0 fully saturated rings. The number of hydrogen-bond donors (Lipinski definition) is 2. The summed E-state index contributed by atoms with van der Waals surface area (Å²) in [6.07, 6.45) is -0.129. The van der Waals surface area contributed by atoms with E-state index in [9.17, 15) is 28.7 Å². The molecule has 1 atom stereocenters. The summed E-state index contributed by atoms with van der Waals surface area (Å²) >= 11 is 7.99. The van der Waals surface area contributed by atoms with Crippen LogP contribution in [0.1, 0.15) is 15.9 Å². The highest BCUT2D eigenvalue weighted by Gasteiger charge is 2.24. The second kappa shape index (κ2) is 10.2. The first-order chi connectivity index (χ1) is 17.1. The van der Waals surface area contributed by atoms with Crippen molar-refractivity contribution in [1.82, 2.24) is 14.5 Å². The van der Waals surface area contributed by atoms with Crippen LogP contribution in [0.5, 0.6) is 0 Å². The smallest absolute Gasteiger partial charge is 0.335 e. The summed E-state index contributed by atoms with van der Waals surface area (Å²) in [7, 11) is 1.57. The average Bonchev–Trinajstić information content (AvgIpc) is 2.83. The number of aromatic nitrogens is 2. The number of aryl methyl sites for hydroxylation is 1. The van der Waals surface area contributed by atoms with Crippen LogP contribution in [0.4, 0.5) is 4.39 Å². The third-order valence-corrected chi connectivity index (χ3v) is 6.65. The molecular weight excluding hydrogens is 604 g/mol. The number of fused-ring (bicyclic) bond motifs is 1. The SMILES string of the molecule is Cn1c(=O)n(-c2ccc(C[C@H](NC(=O)c3c(F)cccc3Cl)C(=O)O)cc2)c(=O)c2cc(I)ccc21. The zero-order valence-electron chi connectivity index (χ0n) is 18.7. The molecule has 3 aromatic carbocycles. The van der Waals surface area contributed by atoms with Crippen molar-refractivity contribution in [2.75, 3.05) is 0 Å². The Hall–Kier alpha value is -3.51. The van der Waals surface area contributed by atoms with Gasteiger partial charge in [-0.1, -0.05) is 29.8 Å². The van der Waals surface area contributed by atoms with Crippen LogP contribution in [-0.4, -0.2) is 32.2 Å². The normalized spacial score (nSPS) is 11.9. The number of halogens is 3. The minimum Gasteiger partial charge on any atom is -0.480 e. The molecule has 0 spiro atoms. The molecule has 2 N–H and O–H groups in total. The number of amides is 1. The second-order valence-electron chi connectivity index (χ2n) is 7.98. The maximum absolute atomic E-state index is 14.0. The van der Waals surface area contributed by atoms with Crippen LogP contribution in [0.3, 0.4) is 0 Å². The number of rotatable bonds is 6. The second-order valence-corrected chi connectivity index (χ2v) is 9.63. The predicted octanol–water partition coefficient (Wildman–Crippen LogP) is 3.51. The Morgan fingerprint density at radius 3 is 2.44 bits per heavy atom. The molecule has 0 saturated heterocycles. The number of hydrogen-bond acceptors (Lipinski definition) is 4. The summed E-state index contributed by atoms with van der Waals surface area (Å²) in [5.74, 6) is -3.15. The molecular formula is C25H18ClFIN3O5. The highest BCUT2D eigenvalue weighted by Crippen LogP contribution is 2.19. The van der Waals surface area contributed by atoms with Crippen molar-refractivity contribution in [3.8, 4) is 5.69 Å². The van der Waals surface area contributed by atoms with E-state index < -0.39 is 40.5 Å². The van der Waals surface area contributed by atoms with E-state index in [1.807, 2.05) is 0 Å². The molecule has 184 valence electrons. The summed E-state index contributed by atoms with van der Waals surface area (Å²) in [6, 6.07) is 13.7. The molecule has 0 aliphatic heterocycles. The standard InChI is InChI=1S/C25H18ClFIN3O5/c1-30-20-10-7-14(28)12-16(20)23(33)31(25(30)36)15-8-5-13(6-9-15)11-19(24(34)35)29-22(32)21-17(26)3-2-4-18(21)27/h2-10,12,19H,11H2,1H3,(H,29,32)(H,34,35)/t19-/m0/s1. The van der Waals surface area contributed by atoms with Crippen molar-refractivity contribution in [1.29, 1.82) is 0 Å². The third-order valence-electron chi connectivity index (χ3n) is 5.66. The highest BCUT2D eigenvalue weighted by atomic mass is 127. The number of carboxylic acid groups (broad SMARTS) is 1. The molecule has 0 unspecified atom stereocenters. The fourth-order valence-electron chi connectivity index (χ4n) is 3.82. The fraction of sp³-hybridized carbons (Fsp3) is 0.120. The van der Waals surface area contributed by atoms with E-state index >= 15 is 0 Å². The van der Waals surface area contributed by atoms with E-state index in [2.05, 4.69) is 27.9 Å². The Kier molecular flexibility index (Phi) is 7.27. The Bertz CT molecular complexity index is 1610. The van der Waals surface area contributed by atoms with Crippen molar-refractivity contribution < 1.29 is 19.1 Å². The summed E-state index contributed by atoms with van der Waals surface area (Å²) in [5, 5.41) is 12.1. The van der Waals surface area contributed by atoms with Gasteiger partial charge < -0.3 is 10.4 Å². The molecule has 1 aromatic heterocycles. The average molecular weight is 622 g/mol. The topological polar surface area (TPSA) is 110 Å². The lowest BCUT2D eigenvalue weighted by Crippen LogP contribution is -2.42. The van der Waals surface area contributed by atoms with Gasteiger partial charge in [-0.2, -0.15) is 0 Å². The number of carboxylic acids is 1. The van der Waals surface area contributed by atoms with Crippen molar-refractivity contribution >= 4 is 57.0 Å². The molecule has 0 saturated carbocycles. The van der Waals surface area contributed by atoms with E-state index in [0.29, 0.717) is 22.2 Å². The van der Waals surface area contributed by atoms with E-state index in [0.717, 1.165) is 14.2 Å². The number of aliphatic carboxylic acids is 1. The zero-order chi connectivity index (χ0) is 26.1. The lowest BCUT2D eigenvalue weighted by Gasteiger charge is -2.16. The lowest BCUT2D eigenvalue weighted by molar-refractivity contribution is -0.139. The van der Waals surface area contributed by atoms with Crippen LogP contribution in [0, 0.1) is 9.39 Å². The highest BCUT2D eigenvalue weighted by molar-refractivity contribution is 14.1. The third kappa shape index (κ3) is 4.91. The van der Waals surface area contributed by atoms with Crippen LogP contribution in [-0.2, 0) is 18.3 Å². The molecule has 0 bridgehead atoms. The molecule has 1 amide bonds. The van der Waals surface area contributed by atoms with Gasteiger partial charge in [0.1, 0.15) is 11.9 Å².